The third-order valence-electron chi connectivity index (χ3n) is 5.97. The van der Waals surface area contributed by atoms with Crippen molar-refractivity contribution in [3.05, 3.63) is 12.2 Å². The van der Waals surface area contributed by atoms with E-state index in [9.17, 15) is 9.59 Å². The molecule has 0 heterocycles. The molecule has 0 bridgehead atoms. The number of carbonyl (C=O) groups excluding carboxylic acids is 2. The zero-order valence-electron chi connectivity index (χ0n) is 19.8. The molecule has 0 N–H and O–H groups in total. The van der Waals surface area contributed by atoms with Gasteiger partial charge in [-0.05, 0) is 31.6 Å². The molecule has 0 aromatic rings. The fraction of sp³-hybridized carbons (Fsp3) is 0.846. The van der Waals surface area contributed by atoms with E-state index in [1.807, 2.05) is 12.2 Å². The van der Waals surface area contributed by atoms with Crippen LogP contribution < -0.4 is 0 Å². The zero-order valence-corrected chi connectivity index (χ0v) is 19.8. The van der Waals surface area contributed by atoms with Crippen LogP contribution in [0.1, 0.15) is 111 Å². The van der Waals surface area contributed by atoms with Gasteiger partial charge in [-0.15, -0.1) is 0 Å². The molecule has 1 rings (SSSR count). The van der Waals surface area contributed by atoms with Gasteiger partial charge in [0.2, 0.25) is 0 Å². The molecule has 0 saturated heterocycles. The molecular formula is C26H46O4. The van der Waals surface area contributed by atoms with E-state index in [1.165, 1.54) is 57.8 Å². The topological polar surface area (TPSA) is 52.6 Å². The van der Waals surface area contributed by atoms with Crippen LogP contribution in [0.15, 0.2) is 12.2 Å². The molecule has 0 aliphatic heterocycles. The predicted molar refractivity (Wildman–Crippen MR) is 123 cm³/mol. The predicted octanol–water partition coefficient (Wildman–Crippen LogP) is 7.01. The highest BCUT2D eigenvalue weighted by Gasteiger charge is 2.36. The molecule has 0 saturated carbocycles. The largest absolute Gasteiger partial charge is 0.465 e. The second-order valence-corrected chi connectivity index (χ2v) is 9.21. The number of esters is 2. The minimum Gasteiger partial charge on any atom is -0.465 e. The average Bonchev–Trinajstić information content (AvgIpc) is 2.74. The van der Waals surface area contributed by atoms with E-state index in [1.54, 1.807) is 0 Å². The Hall–Kier alpha value is -1.32. The molecule has 0 aromatic carbocycles. The van der Waals surface area contributed by atoms with Crippen molar-refractivity contribution in [1.29, 1.82) is 0 Å². The summed E-state index contributed by atoms with van der Waals surface area (Å²) in [5.41, 5.74) is 0. The lowest BCUT2D eigenvalue weighted by atomic mass is 9.83. The second-order valence-electron chi connectivity index (χ2n) is 9.21. The molecular weight excluding hydrogens is 376 g/mol. The molecule has 0 fully saturated rings. The fourth-order valence-corrected chi connectivity index (χ4v) is 3.88. The maximum absolute atomic E-state index is 12.5. The lowest BCUT2D eigenvalue weighted by Crippen LogP contribution is -2.34. The van der Waals surface area contributed by atoms with Crippen LogP contribution in [0.2, 0.25) is 0 Å². The van der Waals surface area contributed by atoms with Crippen LogP contribution in [0, 0.1) is 17.8 Å². The maximum Gasteiger partial charge on any atom is 0.310 e. The highest BCUT2D eigenvalue weighted by Crippen LogP contribution is 2.28. The molecule has 1 aliphatic carbocycles. The van der Waals surface area contributed by atoms with Crippen LogP contribution in [0.4, 0.5) is 0 Å². The summed E-state index contributed by atoms with van der Waals surface area (Å²) in [6.07, 6.45) is 19.9. The van der Waals surface area contributed by atoms with E-state index in [-0.39, 0.29) is 11.9 Å². The minimum absolute atomic E-state index is 0.239. The third kappa shape index (κ3) is 12.4. The Bertz CT molecular complexity index is 483. The molecule has 1 aliphatic rings. The molecule has 4 heteroatoms. The number of unbranched alkanes of at least 4 members (excludes halogenated alkanes) is 10. The Kier molecular flexibility index (Phi) is 15.5. The second kappa shape index (κ2) is 17.4. The molecule has 0 amide bonds. The van der Waals surface area contributed by atoms with Crippen molar-refractivity contribution in [3.8, 4) is 0 Å². The van der Waals surface area contributed by atoms with Gasteiger partial charge < -0.3 is 9.47 Å². The number of rotatable bonds is 17. The number of carbonyl (C=O) groups is 2. The number of allylic oxidation sites excluding steroid dienone is 2. The number of hydrogen-bond donors (Lipinski definition) is 0. The SMILES string of the molecule is CCCCCCCCCCCCCOC(=O)C1CC=CCC1C(=O)OCCC(C)C. The molecule has 2 unspecified atom stereocenters. The van der Waals surface area contributed by atoms with Crippen molar-refractivity contribution in [2.24, 2.45) is 17.8 Å². The van der Waals surface area contributed by atoms with Gasteiger partial charge in [0.1, 0.15) is 0 Å². The molecule has 174 valence electrons. The van der Waals surface area contributed by atoms with E-state index in [0.29, 0.717) is 32.0 Å². The van der Waals surface area contributed by atoms with Crippen LogP contribution in [-0.2, 0) is 19.1 Å². The first-order valence-corrected chi connectivity index (χ1v) is 12.5. The Morgan fingerprint density at radius 2 is 1.17 bits per heavy atom. The third-order valence-corrected chi connectivity index (χ3v) is 5.97. The number of hydrogen-bond acceptors (Lipinski definition) is 4. The summed E-state index contributed by atoms with van der Waals surface area (Å²) in [6.45, 7) is 7.35. The Morgan fingerprint density at radius 1 is 0.733 bits per heavy atom. The van der Waals surface area contributed by atoms with Crippen molar-refractivity contribution in [3.63, 3.8) is 0 Å². The molecule has 0 spiro atoms. The highest BCUT2D eigenvalue weighted by atomic mass is 16.5. The van der Waals surface area contributed by atoms with Gasteiger partial charge in [0.15, 0.2) is 0 Å². The summed E-state index contributed by atoms with van der Waals surface area (Å²) in [7, 11) is 0. The smallest absolute Gasteiger partial charge is 0.310 e. The monoisotopic (exact) mass is 422 g/mol. The molecule has 4 nitrogen and oxygen atoms in total. The van der Waals surface area contributed by atoms with Gasteiger partial charge in [-0.3, -0.25) is 9.59 Å². The summed E-state index contributed by atoms with van der Waals surface area (Å²) in [6, 6.07) is 0. The summed E-state index contributed by atoms with van der Waals surface area (Å²) < 4.78 is 10.9. The summed E-state index contributed by atoms with van der Waals surface area (Å²) in [4.78, 5) is 24.9. The van der Waals surface area contributed by atoms with Gasteiger partial charge in [-0.1, -0.05) is 97.1 Å². The first kappa shape index (κ1) is 26.7. The number of ether oxygens (including phenoxy) is 2. The van der Waals surface area contributed by atoms with Crippen molar-refractivity contribution >= 4 is 11.9 Å². The Morgan fingerprint density at radius 3 is 1.63 bits per heavy atom. The summed E-state index contributed by atoms with van der Waals surface area (Å²) in [5.74, 6) is -0.786. The van der Waals surface area contributed by atoms with Crippen molar-refractivity contribution in [2.45, 2.75) is 111 Å². The van der Waals surface area contributed by atoms with E-state index in [4.69, 9.17) is 9.47 Å². The zero-order chi connectivity index (χ0) is 22.0. The van der Waals surface area contributed by atoms with Gasteiger partial charge in [-0.25, -0.2) is 0 Å². The first-order valence-electron chi connectivity index (χ1n) is 12.5. The maximum atomic E-state index is 12.5. The lowest BCUT2D eigenvalue weighted by Gasteiger charge is -2.25. The van der Waals surface area contributed by atoms with Crippen LogP contribution >= 0.6 is 0 Å². The van der Waals surface area contributed by atoms with E-state index < -0.39 is 11.8 Å². The van der Waals surface area contributed by atoms with Crippen LogP contribution in [0.25, 0.3) is 0 Å². The molecule has 0 radical (unpaired) electrons. The fourth-order valence-electron chi connectivity index (χ4n) is 3.88. The lowest BCUT2D eigenvalue weighted by molar-refractivity contribution is -0.161. The minimum atomic E-state index is -0.396. The average molecular weight is 423 g/mol. The van der Waals surface area contributed by atoms with Gasteiger partial charge in [0.05, 0.1) is 25.0 Å². The van der Waals surface area contributed by atoms with Gasteiger partial charge in [0.25, 0.3) is 0 Å². The highest BCUT2D eigenvalue weighted by molar-refractivity contribution is 5.82. The summed E-state index contributed by atoms with van der Waals surface area (Å²) >= 11 is 0. The molecule has 30 heavy (non-hydrogen) atoms. The van der Waals surface area contributed by atoms with Crippen LogP contribution in [0.5, 0.6) is 0 Å². The Labute approximate surface area is 185 Å². The van der Waals surface area contributed by atoms with E-state index >= 15 is 0 Å². The quantitative estimate of drug-likeness (QED) is 0.144. The normalized spacial score (nSPS) is 18.5. The van der Waals surface area contributed by atoms with Crippen LogP contribution in [-0.4, -0.2) is 25.2 Å². The van der Waals surface area contributed by atoms with Gasteiger partial charge >= 0.3 is 11.9 Å². The first-order chi connectivity index (χ1) is 14.6. The molecule has 2 atom stereocenters. The van der Waals surface area contributed by atoms with Crippen molar-refractivity contribution in [2.75, 3.05) is 13.2 Å². The molecule has 0 aromatic heterocycles. The van der Waals surface area contributed by atoms with Gasteiger partial charge in [0, 0.05) is 0 Å². The van der Waals surface area contributed by atoms with E-state index in [0.717, 1.165) is 19.3 Å². The van der Waals surface area contributed by atoms with Crippen molar-refractivity contribution in [1.82, 2.24) is 0 Å². The van der Waals surface area contributed by atoms with Gasteiger partial charge in [-0.2, -0.15) is 0 Å². The Balaban J connectivity index is 2.13. The van der Waals surface area contributed by atoms with Crippen molar-refractivity contribution < 1.29 is 19.1 Å². The summed E-state index contributed by atoms with van der Waals surface area (Å²) in [5, 5.41) is 0. The van der Waals surface area contributed by atoms with E-state index in [2.05, 4.69) is 20.8 Å². The van der Waals surface area contributed by atoms with Crippen LogP contribution in [0.3, 0.4) is 0 Å². The standard InChI is InChI=1S/C26H46O4/c1-4-5-6-7-8-9-10-11-12-13-16-20-29-25(27)23-17-14-15-18-24(23)26(28)30-21-19-22(2)3/h14-15,22-24H,4-13,16-21H2,1-3H3.